The Hall–Kier alpha value is -1.55. The van der Waals surface area contributed by atoms with Crippen molar-refractivity contribution in [2.75, 3.05) is 6.61 Å². The maximum atomic E-state index is 10.9. The van der Waals surface area contributed by atoms with Crippen LogP contribution < -0.4 is 4.74 Å². The van der Waals surface area contributed by atoms with Gasteiger partial charge in [0.1, 0.15) is 12.4 Å². The number of ether oxygens (including phenoxy) is 1. The molecule has 1 aliphatic carbocycles. The molecule has 0 unspecified atom stereocenters. The number of hydrogen-bond acceptors (Lipinski definition) is 3. The number of carboxylic acid groups (broad SMARTS) is 1. The van der Waals surface area contributed by atoms with Crippen LogP contribution in [0.1, 0.15) is 51.0 Å². The lowest BCUT2D eigenvalue weighted by Crippen LogP contribution is -2.41. The van der Waals surface area contributed by atoms with Crippen molar-refractivity contribution in [2.24, 2.45) is 5.92 Å². The molecule has 116 valence electrons. The molecule has 0 spiro atoms. The first-order chi connectivity index (χ1) is 9.89. The highest BCUT2D eigenvalue weighted by atomic mass is 16.5. The first-order valence-corrected chi connectivity index (χ1v) is 7.57. The van der Waals surface area contributed by atoms with Gasteiger partial charge in [-0.2, -0.15) is 0 Å². The van der Waals surface area contributed by atoms with Crippen LogP contribution in [-0.4, -0.2) is 28.4 Å². The Morgan fingerprint density at radius 2 is 2.05 bits per heavy atom. The van der Waals surface area contributed by atoms with Gasteiger partial charge >= 0.3 is 5.97 Å². The Morgan fingerprint density at radius 3 is 2.62 bits per heavy atom. The van der Waals surface area contributed by atoms with Crippen molar-refractivity contribution in [1.29, 1.82) is 0 Å². The van der Waals surface area contributed by atoms with Gasteiger partial charge in [-0.15, -0.1) is 0 Å². The summed E-state index contributed by atoms with van der Waals surface area (Å²) in [5.74, 6) is 0.106. The van der Waals surface area contributed by atoms with Gasteiger partial charge in [0.25, 0.3) is 0 Å². The fourth-order valence-corrected chi connectivity index (χ4v) is 2.73. The van der Waals surface area contributed by atoms with Gasteiger partial charge in [-0.25, -0.2) is 0 Å². The van der Waals surface area contributed by atoms with Gasteiger partial charge in [-0.3, -0.25) is 4.79 Å². The highest BCUT2D eigenvalue weighted by Gasteiger charge is 2.36. The van der Waals surface area contributed by atoms with E-state index in [1.54, 1.807) is 0 Å². The molecule has 0 heterocycles. The van der Waals surface area contributed by atoms with Gasteiger partial charge in [0.15, 0.2) is 0 Å². The zero-order chi connectivity index (χ0) is 15.5. The summed E-state index contributed by atoms with van der Waals surface area (Å²) in [5, 5.41) is 19.5. The second-order valence-electron chi connectivity index (χ2n) is 6.35. The highest BCUT2D eigenvalue weighted by Crippen LogP contribution is 2.33. The summed E-state index contributed by atoms with van der Waals surface area (Å²) in [7, 11) is 0. The molecule has 0 aromatic heterocycles. The molecule has 0 bridgehead atoms. The van der Waals surface area contributed by atoms with Gasteiger partial charge in [0.05, 0.1) is 11.5 Å². The summed E-state index contributed by atoms with van der Waals surface area (Å²) in [6.07, 6.45) is 1.99. The maximum Gasteiger partial charge on any atom is 0.306 e. The lowest BCUT2D eigenvalue weighted by atomic mass is 9.79. The maximum absolute atomic E-state index is 10.9. The number of carboxylic acids is 1. The van der Waals surface area contributed by atoms with Crippen molar-refractivity contribution in [2.45, 2.75) is 51.0 Å². The minimum Gasteiger partial charge on any atom is -0.491 e. The van der Waals surface area contributed by atoms with E-state index in [0.29, 0.717) is 31.6 Å². The number of hydrogen-bond donors (Lipinski definition) is 2. The highest BCUT2D eigenvalue weighted by molar-refractivity contribution is 5.70. The number of aliphatic carboxylic acids is 1. The third-order valence-corrected chi connectivity index (χ3v) is 4.30. The normalized spacial score (nSPS) is 25.8. The summed E-state index contributed by atoms with van der Waals surface area (Å²) >= 11 is 0. The Balaban J connectivity index is 1.91. The van der Waals surface area contributed by atoms with Gasteiger partial charge in [-0.05, 0) is 49.3 Å². The van der Waals surface area contributed by atoms with Crippen LogP contribution in [-0.2, 0) is 4.79 Å². The molecule has 0 radical (unpaired) electrons. The third kappa shape index (κ3) is 4.21. The lowest BCUT2D eigenvalue weighted by molar-refractivity contribution is -0.145. The second kappa shape index (κ2) is 6.48. The summed E-state index contributed by atoms with van der Waals surface area (Å²) in [6.45, 7) is 4.47. The van der Waals surface area contributed by atoms with Crippen LogP contribution in [0.2, 0.25) is 0 Å². The molecule has 21 heavy (non-hydrogen) atoms. The monoisotopic (exact) mass is 292 g/mol. The van der Waals surface area contributed by atoms with Crippen molar-refractivity contribution in [3.8, 4) is 5.75 Å². The van der Waals surface area contributed by atoms with E-state index in [1.807, 2.05) is 18.2 Å². The average Bonchev–Trinajstić information content (AvgIpc) is 2.46. The smallest absolute Gasteiger partial charge is 0.306 e. The molecule has 1 saturated carbocycles. The van der Waals surface area contributed by atoms with E-state index in [0.717, 1.165) is 5.75 Å². The molecule has 2 rings (SSSR count). The predicted octanol–water partition coefficient (Wildman–Crippen LogP) is 3.19. The van der Waals surface area contributed by atoms with Crippen molar-refractivity contribution in [3.05, 3.63) is 29.8 Å². The molecular formula is C17H24O4. The number of carbonyl (C=O) groups is 1. The van der Waals surface area contributed by atoms with Crippen LogP contribution in [0, 0.1) is 5.92 Å². The summed E-state index contributed by atoms with van der Waals surface area (Å²) < 4.78 is 5.74. The molecular weight excluding hydrogens is 268 g/mol. The van der Waals surface area contributed by atoms with E-state index in [2.05, 4.69) is 19.9 Å². The molecule has 1 aliphatic rings. The predicted molar refractivity (Wildman–Crippen MR) is 80.6 cm³/mol. The summed E-state index contributed by atoms with van der Waals surface area (Å²) in [6, 6.07) is 7.90. The quantitative estimate of drug-likeness (QED) is 0.874. The van der Waals surface area contributed by atoms with Crippen LogP contribution in [0.25, 0.3) is 0 Å². The Bertz CT molecular complexity index is 487. The summed E-state index contributed by atoms with van der Waals surface area (Å²) in [4.78, 5) is 10.9. The average molecular weight is 292 g/mol. The van der Waals surface area contributed by atoms with Crippen molar-refractivity contribution >= 4 is 5.97 Å². The zero-order valence-corrected chi connectivity index (χ0v) is 12.7. The van der Waals surface area contributed by atoms with Gasteiger partial charge in [0, 0.05) is 0 Å². The molecule has 2 N–H and O–H groups in total. The van der Waals surface area contributed by atoms with Crippen LogP contribution in [0.5, 0.6) is 5.75 Å². The SMILES string of the molecule is CC(C)c1cccc(OCC2(O)CCC(C(=O)O)CC2)c1. The number of rotatable bonds is 5. The largest absolute Gasteiger partial charge is 0.491 e. The van der Waals surface area contributed by atoms with E-state index in [9.17, 15) is 9.90 Å². The number of benzene rings is 1. The second-order valence-corrected chi connectivity index (χ2v) is 6.35. The molecule has 0 amide bonds. The lowest BCUT2D eigenvalue weighted by Gasteiger charge is -2.34. The van der Waals surface area contributed by atoms with Gasteiger partial charge in [-0.1, -0.05) is 26.0 Å². The van der Waals surface area contributed by atoms with Crippen molar-refractivity contribution in [3.63, 3.8) is 0 Å². The van der Waals surface area contributed by atoms with Crippen molar-refractivity contribution in [1.82, 2.24) is 0 Å². The molecule has 0 saturated heterocycles. The molecule has 4 heteroatoms. The van der Waals surface area contributed by atoms with E-state index in [1.165, 1.54) is 5.56 Å². The minimum atomic E-state index is -0.903. The zero-order valence-electron chi connectivity index (χ0n) is 12.7. The molecule has 1 fully saturated rings. The minimum absolute atomic E-state index is 0.223. The van der Waals surface area contributed by atoms with Crippen LogP contribution in [0.15, 0.2) is 24.3 Å². The fraction of sp³-hybridized carbons (Fsp3) is 0.588. The van der Waals surface area contributed by atoms with Crippen LogP contribution in [0.3, 0.4) is 0 Å². The van der Waals surface area contributed by atoms with Crippen molar-refractivity contribution < 1.29 is 19.7 Å². The van der Waals surface area contributed by atoms with Crippen LogP contribution >= 0.6 is 0 Å². The molecule has 0 aliphatic heterocycles. The Morgan fingerprint density at radius 1 is 1.38 bits per heavy atom. The standard InChI is InChI=1S/C17H24O4/c1-12(2)14-4-3-5-15(10-14)21-11-17(20)8-6-13(7-9-17)16(18)19/h3-5,10,12-13,20H,6-9,11H2,1-2H3,(H,18,19). The molecule has 1 aromatic carbocycles. The van der Waals surface area contributed by atoms with Gasteiger partial charge < -0.3 is 14.9 Å². The van der Waals surface area contributed by atoms with E-state index >= 15 is 0 Å². The van der Waals surface area contributed by atoms with E-state index in [4.69, 9.17) is 9.84 Å². The fourth-order valence-electron chi connectivity index (χ4n) is 2.73. The van der Waals surface area contributed by atoms with Crippen LogP contribution in [0.4, 0.5) is 0 Å². The first-order valence-electron chi connectivity index (χ1n) is 7.57. The molecule has 4 nitrogen and oxygen atoms in total. The third-order valence-electron chi connectivity index (χ3n) is 4.30. The Labute approximate surface area is 125 Å². The molecule has 0 atom stereocenters. The Kier molecular flexibility index (Phi) is 4.88. The summed E-state index contributed by atoms with van der Waals surface area (Å²) in [5.41, 5.74) is 0.300. The van der Waals surface area contributed by atoms with E-state index in [-0.39, 0.29) is 12.5 Å². The number of aliphatic hydroxyl groups is 1. The van der Waals surface area contributed by atoms with Gasteiger partial charge in [0.2, 0.25) is 0 Å². The topological polar surface area (TPSA) is 66.8 Å². The van der Waals surface area contributed by atoms with E-state index < -0.39 is 11.6 Å². The first kappa shape index (κ1) is 15.8. The molecule has 1 aromatic rings.